The van der Waals surface area contributed by atoms with Gasteiger partial charge in [0.1, 0.15) is 47.9 Å². The van der Waals surface area contributed by atoms with Crippen LogP contribution in [0.1, 0.15) is 76.3 Å². The highest BCUT2D eigenvalue weighted by Gasteiger charge is 2.42. The summed E-state index contributed by atoms with van der Waals surface area (Å²) in [5.74, 6) is -5.13. The molecular formula is C53H60F3N11O7S2. The molecule has 8 rings (SSSR count). The Kier molecular flexibility index (Phi) is 16.8. The number of thiazole rings is 1. The van der Waals surface area contributed by atoms with Crippen LogP contribution >= 0.6 is 11.3 Å². The minimum absolute atomic E-state index is 0.0940. The standard InChI is InChI=1S/C53H60F3N11O7S2/c1-31-47(75-30-60-31)35-13-11-33(12-14-35)25-59-50(69)41-10-9-22-67(41)51(70)48(53(3,4)5)62-43(68)29-73-23-8-7-21-66-28-37(26-61-66)39-27-58-49(57)44-45(63-65(6)46(39)44)36-17-20-40(64-76(71,72)52(55)56)42(24-36)74-32(2)34-15-18-38(54)19-16-34/h11-20,24,26-28,30,32,41,48,52,64H,7-10,21-23,25,29H2,1-6H3,(H2,57,58)(H,59,69)(H,62,68)/t32-,41-,48+/m0/s1. The predicted octanol–water partition coefficient (Wildman–Crippen LogP) is 8.39. The molecule has 7 aromatic rings. The van der Waals surface area contributed by atoms with Gasteiger partial charge in [-0.2, -0.15) is 19.0 Å². The number of ether oxygens (including phenoxy) is 2. The summed E-state index contributed by atoms with van der Waals surface area (Å²) in [5.41, 5.74) is 13.6. The van der Waals surface area contributed by atoms with E-state index in [-0.39, 0.29) is 42.3 Å². The number of benzene rings is 3. The summed E-state index contributed by atoms with van der Waals surface area (Å²) in [6.45, 7) is 10.5. The van der Waals surface area contributed by atoms with Crippen molar-refractivity contribution in [3.8, 4) is 38.6 Å². The number of sulfonamides is 1. The summed E-state index contributed by atoms with van der Waals surface area (Å²) < 4.78 is 82.3. The van der Waals surface area contributed by atoms with Crippen molar-refractivity contribution in [2.24, 2.45) is 12.5 Å². The van der Waals surface area contributed by atoms with E-state index < -0.39 is 51.1 Å². The zero-order chi connectivity index (χ0) is 54.5. The molecule has 402 valence electrons. The van der Waals surface area contributed by atoms with E-state index in [1.165, 1.54) is 42.5 Å². The van der Waals surface area contributed by atoms with Crippen molar-refractivity contribution < 1.29 is 45.4 Å². The Bertz CT molecular complexity index is 3320. The first-order valence-electron chi connectivity index (χ1n) is 24.6. The molecule has 23 heteroatoms. The van der Waals surface area contributed by atoms with Crippen molar-refractivity contribution in [3.05, 3.63) is 113 Å². The normalized spacial score (nSPS) is 14.8. The summed E-state index contributed by atoms with van der Waals surface area (Å²) >= 11 is 1.58. The van der Waals surface area contributed by atoms with Crippen LogP contribution in [0.15, 0.2) is 90.8 Å². The molecule has 5 heterocycles. The lowest BCUT2D eigenvalue weighted by atomic mass is 9.85. The van der Waals surface area contributed by atoms with Crippen LogP contribution in [0.3, 0.4) is 0 Å². The van der Waals surface area contributed by atoms with Crippen LogP contribution in [0.4, 0.5) is 24.7 Å². The van der Waals surface area contributed by atoms with Crippen molar-refractivity contribution in [2.75, 3.05) is 30.2 Å². The molecular weight excluding hydrogens is 1020 g/mol. The van der Waals surface area contributed by atoms with Gasteiger partial charge in [-0.25, -0.2) is 22.8 Å². The molecule has 0 spiro atoms. The molecule has 18 nitrogen and oxygen atoms in total. The maximum Gasteiger partial charge on any atom is 0.355 e. The van der Waals surface area contributed by atoms with E-state index in [4.69, 9.17) is 20.3 Å². The molecule has 0 aliphatic carbocycles. The van der Waals surface area contributed by atoms with E-state index in [2.05, 4.69) is 25.7 Å². The first kappa shape index (κ1) is 54.9. The number of aryl methyl sites for hydroxylation is 3. The van der Waals surface area contributed by atoms with E-state index in [1.54, 1.807) is 52.0 Å². The fraction of sp³-hybridized carbons (Fsp3) is 0.377. The van der Waals surface area contributed by atoms with Crippen molar-refractivity contribution in [1.82, 2.24) is 45.1 Å². The quantitative estimate of drug-likeness (QED) is 0.0497. The van der Waals surface area contributed by atoms with Crippen LogP contribution in [0, 0.1) is 18.2 Å². The molecule has 4 aromatic heterocycles. The number of likely N-dealkylation sites (tertiary alicyclic amines) is 1. The van der Waals surface area contributed by atoms with E-state index in [0.717, 1.165) is 21.7 Å². The minimum atomic E-state index is -5.08. The number of anilines is 2. The number of nitrogens with two attached hydrogens (primary N) is 1. The molecule has 1 aliphatic heterocycles. The number of nitrogen functional groups attached to an aromatic ring is 1. The number of halogens is 3. The fourth-order valence-corrected chi connectivity index (χ4v) is 10.4. The second-order valence-corrected chi connectivity index (χ2v) is 22.2. The molecule has 3 aromatic carbocycles. The molecule has 1 saturated heterocycles. The third-order valence-corrected chi connectivity index (χ3v) is 15.0. The SMILES string of the molecule is Cc1ncsc1-c1ccc(CNC(=O)[C@@H]2CCCN2C(=O)[C@@H](NC(=O)COCCCCn2cc(-c3cnc(N)c4c(-c5ccc(NS(=O)(=O)C(F)F)c(O[C@@H](C)c6ccc(F)cc6)c5)nn(C)c34)cn2)C(C)(C)C)cc1. The number of amides is 3. The topological polar surface area (TPSA) is 231 Å². The molecule has 5 N–H and O–H groups in total. The first-order chi connectivity index (χ1) is 36.2. The number of nitrogens with zero attached hydrogens (tertiary/aromatic N) is 7. The number of aromatic nitrogens is 6. The van der Waals surface area contributed by atoms with E-state index in [9.17, 15) is 36.0 Å². The summed E-state index contributed by atoms with van der Waals surface area (Å²) in [6, 6.07) is 16.1. The molecule has 3 atom stereocenters. The van der Waals surface area contributed by atoms with Crippen molar-refractivity contribution in [1.29, 1.82) is 0 Å². The fourth-order valence-electron chi connectivity index (χ4n) is 9.04. The zero-order valence-electron chi connectivity index (χ0n) is 42.8. The number of unbranched alkanes of at least 4 members (excludes halogenated alkanes) is 1. The number of nitrogens with one attached hydrogen (secondary N) is 3. The van der Waals surface area contributed by atoms with Gasteiger partial charge < -0.3 is 30.7 Å². The van der Waals surface area contributed by atoms with E-state index >= 15 is 0 Å². The largest absolute Gasteiger partial charge is 0.484 e. The van der Waals surface area contributed by atoms with Crippen LogP contribution in [-0.4, -0.2) is 98.2 Å². The second kappa shape index (κ2) is 23.3. The molecule has 0 radical (unpaired) electrons. The Hall–Kier alpha value is -7.37. The highest BCUT2D eigenvalue weighted by molar-refractivity contribution is 7.93. The maximum atomic E-state index is 14.1. The number of hydrogen-bond donors (Lipinski definition) is 4. The number of fused-ring (bicyclic) bond motifs is 1. The van der Waals surface area contributed by atoms with Gasteiger partial charge in [0, 0.05) is 62.4 Å². The third-order valence-electron chi connectivity index (χ3n) is 13.1. The number of carbonyl (C=O) groups excluding carboxylic acids is 3. The van der Waals surface area contributed by atoms with Crippen molar-refractivity contribution in [2.45, 2.75) is 97.3 Å². The van der Waals surface area contributed by atoms with Gasteiger partial charge in [-0.05, 0) is 85.9 Å². The molecule has 1 aliphatic rings. The third kappa shape index (κ3) is 12.6. The van der Waals surface area contributed by atoms with Gasteiger partial charge in [-0.15, -0.1) is 11.3 Å². The van der Waals surface area contributed by atoms with Crippen LogP contribution in [0.5, 0.6) is 5.75 Å². The van der Waals surface area contributed by atoms with E-state index in [1.807, 2.05) is 68.4 Å². The molecule has 76 heavy (non-hydrogen) atoms. The minimum Gasteiger partial charge on any atom is -0.484 e. The van der Waals surface area contributed by atoms with Gasteiger partial charge in [-0.3, -0.25) is 28.5 Å². The lowest BCUT2D eigenvalue weighted by Crippen LogP contribution is -2.58. The number of pyridine rings is 1. The monoisotopic (exact) mass is 1080 g/mol. The predicted molar refractivity (Wildman–Crippen MR) is 284 cm³/mol. The van der Waals surface area contributed by atoms with Crippen molar-refractivity contribution >= 4 is 61.5 Å². The summed E-state index contributed by atoms with van der Waals surface area (Å²) in [5, 5.41) is 15.7. The summed E-state index contributed by atoms with van der Waals surface area (Å²) in [4.78, 5) is 52.2. The average molecular weight is 1080 g/mol. The van der Waals surface area contributed by atoms with Gasteiger partial charge in [-0.1, -0.05) is 63.2 Å². The Morgan fingerprint density at radius 2 is 1.71 bits per heavy atom. The van der Waals surface area contributed by atoms with E-state index in [0.29, 0.717) is 84.2 Å². The highest BCUT2D eigenvalue weighted by atomic mass is 32.2. The smallest absolute Gasteiger partial charge is 0.355 e. The molecule has 1 fully saturated rings. The molecule has 3 amide bonds. The highest BCUT2D eigenvalue weighted by Crippen LogP contribution is 2.41. The molecule has 0 bridgehead atoms. The lowest BCUT2D eigenvalue weighted by molar-refractivity contribution is -0.144. The summed E-state index contributed by atoms with van der Waals surface area (Å²) in [7, 11) is -3.36. The van der Waals surface area contributed by atoms with Gasteiger partial charge in [0.2, 0.25) is 17.7 Å². The second-order valence-electron chi connectivity index (χ2n) is 19.7. The Balaban J connectivity index is 0.850. The Labute approximate surface area is 442 Å². The van der Waals surface area contributed by atoms with Gasteiger partial charge in [0.25, 0.3) is 10.0 Å². The number of rotatable bonds is 21. The molecule has 0 unspecified atom stereocenters. The van der Waals surface area contributed by atoms with Gasteiger partial charge >= 0.3 is 5.76 Å². The van der Waals surface area contributed by atoms with Gasteiger partial charge in [0.15, 0.2) is 0 Å². The van der Waals surface area contributed by atoms with Crippen molar-refractivity contribution in [3.63, 3.8) is 0 Å². The maximum absolute atomic E-state index is 14.1. The zero-order valence-corrected chi connectivity index (χ0v) is 44.5. The molecule has 0 saturated carbocycles. The number of alkyl halides is 2. The van der Waals surface area contributed by atoms with Crippen LogP contribution in [0.25, 0.3) is 43.7 Å². The number of hydrogen-bond acceptors (Lipinski definition) is 13. The average Bonchev–Trinajstić information content (AvgIpc) is 4.22. The number of carbonyl (C=O) groups is 3. The Morgan fingerprint density at radius 3 is 2.41 bits per heavy atom. The first-order valence-corrected chi connectivity index (χ1v) is 27.1. The van der Waals surface area contributed by atoms with Crippen LogP contribution in [-0.2, 0) is 49.3 Å². The Morgan fingerprint density at radius 1 is 0.974 bits per heavy atom. The van der Waals surface area contributed by atoms with Crippen LogP contribution in [0.2, 0.25) is 0 Å². The van der Waals surface area contributed by atoms with Crippen LogP contribution < -0.4 is 25.8 Å². The lowest BCUT2D eigenvalue weighted by Gasteiger charge is -2.35. The van der Waals surface area contributed by atoms with Gasteiger partial charge in [0.05, 0.1) is 38.9 Å². The summed E-state index contributed by atoms with van der Waals surface area (Å²) in [6.07, 6.45) is 6.82.